The number of anilines is 3. The third-order valence-electron chi connectivity index (χ3n) is 7.70. The van der Waals surface area contributed by atoms with E-state index in [9.17, 15) is 0 Å². The Kier molecular flexibility index (Phi) is 5.14. The van der Waals surface area contributed by atoms with Crippen molar-refractivity contribution in [2.75, 3.05) is 23.3 Å². The molecule has 3 aliphatic rings. The predicted molar refractivity (Wildman–Crippen MR) is 140 cm³/mol. The lowest BCUT2D eigenvalue weighted by molar-refractivity contribution is 0.353. The van der Waals surface area contributed by atoms with Gasteiger partial charge in [-0.25, -0.2) is 15.0 Å². The molecule has 1 fully saturated rings. The number of allylic oxidation sites excluding steroid dienone is 2. The van der Waals surface area contributed by atoms with Crippen molar-refractivity contribution in [3.63, 3.8) is 0 Å². The van der Waals surface area contributed by atoms with E-state index < -0.39 is 0 Å². The van der Waals surface area contributed by atoms with Gasteiger partial charge in [0.25, 0.3) is 0 Å². The summed E-state index contributed by atoms with van der Waals surface area (Å²) in [5, 5.41) is 6.92. The first-order valence-corrected chi connectivity index (χ1v) is 12.6. The number of nitrogens with zero attached hydrogens (tertiary/aromatic N) is 5. The topological polar surface area (TPSA) is 78.9 Å². The van der Waals surface area contributed by atoms with Gasteiger partial charge in [0.2, 0.25) is 5.95 Å². The van der Waals surface area contributed by atoms with E-state index in [1.54, 1.807) is 0 Å². The summed E-state index contributed by atoms with van der Waals surface area (Å²) in [6, 6.07) is 7.15. The van der Waals surface area contributed by atoms with Crippen molar-refractivity contribution in [1.29, 1.82) is 0 Å². The minimum Gasteiger partial charge on any atom is -0.367 e. The van der Waals surface area contributed by atoms with Crippen molar-refractivity contribution < 1.29 is 0 Å². The summed E-state index contributed by atoms with van der Waals surface area (Å²) in [6.45, 7) is 11.0. The lowest BCUT2D eigenvalue weighted by atomic mass is 9.67. The van der Waals surface area contributed by atoms with Crippen LogP contribution in [0.5, 0.6) is 0 Å². The Morgan fingerprint density at radius 2 is 1.77 bits per heavy atom. The molecule has 3 aromatic rings. The van der Waals surface area contributed by atoms with Gasteiger partial charge in [0, 0.05) is 49.3 Å². The van der Waals surface area contributed by atoms with Gasteiger partial charge < -0.3 is 15.5 Å². The highest BCUT2D eigenvalue weighted by molar-refractivity contribution is 5.80. The normalized spacial score (nSPS) is 26.5. The van der Waals surface area contributed by atoms with E-state index in [-0.39, 0.29) is 10.8 Å². The first-order valence-electron chi connectivity index (χ1n) is 12.6. The largest absolute Gasteiger partial charge is 0.367 e. The molecule has 0 saturated carbocycles. The number of pyridine rings is 2. The van der Waals surface area contributed by atoms with Crippen molar-refractivity contribution in [3.8, 4) is 11.1 Å². The zero-order valence-electron chi connectivity index (χ0n) is 20.9. The molecule has 35 heavy (non-hydrogen) atoms. The lowest BCUT2D eigenvalue weighted by Crippen LogP contribution is -2.54. The number of rotatable bonds is 3. The van der Waals surface area contributed by atoms with Crippen LogP contribution in [0.15, 0.2) is 55.1 Å². The fourth-order valence-corrected chi connectivity index (χ4v) is 5.87. The molecule has 0 aromatic carbocycles. The Balaban J connectivity index is 1.29. The zero-order valence-corrected chi connectivity index (χ0v) is 20.9. The molecule has 3 unspecified atom stereocenters. The monoisotopic (exact) mass is 467 g/mol. The molecule has 3 aromatic heterocycles. The summed E-state index contributed by atoms with van der Waals surface area (Å²) in [6.07, 6.45) is 14.5. The molecule has 2 aliphatic carbocycles. The molecular formula is C28H33N7. The molecule has 4 heterocycles. The summed E-state index contributed by atoms with van der Waals surface area (Å²) in [5.41, 5.74) is 5.66. The number of aromatic nitrogens is 4. The van der Waals surface area contributed by atoms with Crippen LogP contribution in [-0.2, 0) is 5.41 Å². The van der Waals surface area contributed by atoms with Crippen molar-refractivity contribution in [1.82, 2.24) is 25.3 Å². The molecule has 1 saturated heterocycles. The molecule has 1 spiro atoms. The standard InChI is InChI=1S/C28H33N7/c1-18-16-35(17-19(2)32-18)20-5-6-24(30-13-20)33-26-31-14-22-21-7-12-29-15-23(21)28(25(22)34-26)10-8-27(3,4)9-11-28/h5-8,10,12-15,18-19,32H,9,11,16-17H2,1-4H3,(H,30,31,33,34). The summed E-state index contributed by atoms with van der Waals surface area (Å²) < 4.78 is 0. The van der Waals surface area contributed by atoms with E-state index >= 15 is 0 Å². The Hall–Kier alpha value is -3.32. The molecule has 3 atom stereocenters. The number of fused-ring (bicyclic) bond motifs is 5. The molecule has 1 aliphatic heterocycles. The van der Waals surface area contributed by atoms with Crippen LogP contribution in [-0.4, -0.2) is 45.1 Å². The van der Waals surface area contributed by atoms with E-state index in [0.717, 1.165) is 48.7 Å². The van der Waals surface area contributed by atoms with Gasteiger partial charge in [-0.2, -0.15) is 0 Å². The van der Waals surface area contributed by atoms with Crippen molar-refractivity contribution in [3.05, 3.63) is 66.4 Å². The summed E-state index contributed by atoms with van der Waals surface area (Å²) in [4.78, 5) is 21.2. The summed E-state index contributed by atoms with van der Waals surface area (Å²) >= 11 is 0. The highest BCUT2D eigenvalue weighted by Gasteiger charge is 2.46. The molecule has 0 radical (unpaired) electrons. The highest BCUT2D eigenvalue weighted by Crippen LogP contribution is 2.54. The van der Waals surface area contributed by atoms with Gasteiger partial charge in [-0.15, -0.1) is 0 Å². The van der Waals surface area contributed by atoms with E-state index in [2.05, 4.69) is 82.5 Å². The first-order chi connectivity index (χ1) is 16.8. The van der Waals surface area contributed by atoms with Gasteiger partial charge >= 0.3 is 0 Å². The number of piperazine rings is 1. The quantitative estimate of drug-likeness (QED) is 0.534. The third kappa shape index (κ3) is 3.88. The Morgan fingerprint density at radius 1 is 0.943 bits per heavy atom. The minimum atomic E-state index is -0.249. The Bertz CT molecular complexity index is 1270. The fraction of sp³-hybridized carbons (Fsp3) is 0.429. The summed E-state index contributed by atoms with van der Waals surface area (Å²) in [7, 11) is 0. The van der Waals surface area contributed by atoms with Gasteiger partial charge in [0.05, 0.1) is 23.0 Å². The second-order valence-corrected chi connectivity index (χ2v) is 11.1. The molecule has 2 N–H and O–H groups in total. The molecule has 0 amide bonds. The maximum Gasteiger partial charge on any atom is 0.228 e. The van der Waals surface area contributed by atoms with Gasteiger partial charge in [-0.1, -0.05) is 26.0 Å². The molecule has 180 valence electrons. The van der Waals surface area contributed by atoms with Crippen LogP contribution in [0, 0.1) is 5.41 Å². The first kappa shape index (κ1) is 22.2. The van der Waals surface area contributed by atoms with Gasteiger partial charge in [0.15, 0.2) is 0 Å². The van der Waals surface area contributed by atoms with Crippen LogP contribution in [0.2, 0.25) is 0 Å². The second-order valence-electron chi connectivity index (χ2n) is 11.1. The predicted octanol–water partition coefficient (Wildman–Crippen LogP) is 4.84. The molecule has 7 heteroatoms. The van der Waals surface area contributed by atoms with E-state index in [1.165, 1.54) is 11.1 Å². The maximum atomic E-state index is 5.06. The minimum absolute atomic E-state index is 0.191. The van der Waals surface area contributed by atoms with Gasteiger partial charge in [-0.05, 0) is 61.4 Å². The second kappa shape index (κ2) is 8.12. The number of hydrogen-bond acceptors (Lipinski definition) is 7. The van der Waals surface area contributed by atoms with Gasteiger partial charge in [0.1, 0.15) is 5.82 Å². The molecule has 7 nitrogen and oxygen atoms in total. The van der Waals surface area contributed by atoms with E-state index in [4.69, 9.17) is 4.98 Å². The van der Waals surface area contributed by atoms with Crippen LogP contribution in [0.1, 0.15) is 51.8 Å². The fourth-order valence-electron chi connectivity index (χ4n) is 5.87. The van der Waals surface area contributed by atoms with Crippen LogP contribution in [0.25, 0.3) is 11.1 Å². The van der Waals surface area contributed by atoms with E-state index in [0.29, 0.717) is 18.0 Å². The van der Waals surface area contributed by atoms with Crippen LogP contribution in [0.3, 0.4) is 0 Å². The smallest absolute Gasteiger partial charge is 0.228 e. The summed E-state index contributed by atoms with van der Waals surface area (Å²) in [5.74, 6) is 1.32. The third-order valence-corrected chi connectivity index (χ3v) is 7.70. The molecular weight excluding hydrogens is 434 g/mol. The Morgan fingerprint density at radius 3 is 2.49 bits per heavy atom. The average molecular weight is 468 g/mol. The van der Waals surface area contributed by atoms with Crippen molar-refractivity contribution >= 4 is 17.5 Å². The van der Waals surface area contributed by atoms with Crippen LogP contribution < -0.4 is 15.5 Å². The SMILES string of the molecule is CC1CN(c2ccc(Nc3ncc4c(n3)C3(C=CC(C)(C)CC3)c3cnccc3-4)nc2)CC(C)N1. The molecule has 6 rings (SSSR count). The number of hydrogen-bond donors (Lipinski definition) is 2. The van der Waals surface area contributed by atoms with Gasteiger partial charge in [-0.3, -0.25) is 4.98 Å². The Labute approximate surface area is 207 Å². The zero-order chi connectivity index (χ0) is 24.2. The van der Waals surface area contributed by atoms with E-state index in [1.807, 2.05) is 30.9 Å². The van der Waals surface area contributed by atoms with Crippen molar-refractivity contribution in [2.24, 2.45) is 5.41 Å². The van der Waals surface area contributed by atoms with Crippen LogP contribution >= 0.6 is 0 Å². The molecule has 0 bridgehead atoms. The number of nitrogens with one attached hydrogen (secondary N) is 2. The van der Waals surface area contributed by atoms with Crippen molar-refractivity contribution in [2.45, 2.75) is 58.0 Å². The van der Waals surface area contributed by atoms with Crippen LogP contribution in [0.4, 0.5) is 17.5 Å². The maximum absolute atomic E-state index is 5.06. The highest BCUT2D eigenvalue weighted by atomic mass is 15.2. The average Bonchev–Trinajstić information content (AvgIpc) is 3.10. The lowest BCUT2D eigenvalue weighted by Gasteiger charge is -2.37.